The Labute approximate surface area is 167 Å². The van der Waals surface area contributed by atoms with Crippen LogP contribution in [0.25, 0.3) is 0 Å². The first-order valence-electron chi connectivity index (χ1n) is 9.10. The molecule has 0 saturated carbocycles. The van der Waals surface area contributed by atoms with Crippen LogP contribution in [0.15, 0.2) is 48.5 Å². The van der Waals surface area contributed by atoms with Crippen molar-refractivity contribution in [1.82, 2.24) is 4.90 Å². The van der Waals surface area contributed by atoms with Crippen LogP contribution in [0.4, 0.5) is 5.69 Å². The van der Waals surface area contributed by atoms with Gasteiger partial charge in [-0.15, -0.1) is 0 Å². The summed E-state index contributed by atoms with van der Waals surface area (Å²) in [6.45, 7) is 2.04. The molecular formula is C21H19ClN2O4. The minimum atomic E-state index is -0.775. The maximum Gasteiger partial charge on any atom is 0.312 e. The number of halogens is 1. The molecule has 1 fully saturated rings. The van der Waals surface area contributed by atoms with E-state index in [0.717, 1.165) is 0 Å². The third-order valence-corrected chi connectivity index (χ3v) is 5.58. The maximum atomic E-state index is 13.1. The number of para-hydroxylation sites is 1. The van der Waals surface area contributed by atoms with Crippen LogP contribution in [0.3, 0.4) is 0 Å². The smallest absolute Gasteiger partial charge is 0.312 e. The highest BCUT2D eigenvalue weighted by atomic mass is 35.5. The number of anilines is 1. The number of rotatable bonds is 4. The van der Waals surface area contributed by atoms with Gasteiger partial charge in [-0.3, -0.25) is 19.3 Å². The Morgan fingerprint density at radius 2 is 1.86 bits per heavy atom. The van der Waals surface area contributed by atoms with Crippen LogP contribution in [-0.4, -0.2) is 34.9 Å². The molecule has 28 heavy (non-hydrogen) atoms. The number of carbonyl (C=O) groups excluding carboxylic acids is 3. The summed E-state index contributed by atoms with van der Waals surface area (Å²) in [6.07, 6.45) is 0.913. The lowest BCUT2D eigenvalue weighted by Gasteiger charge is -2.48. The van der Waals surface area contributed by atoms with Gasteiger partial charge in [0.15, 0.2) is 0 Å². The van der Waals surface area contributed by atoms with E-state index >= 15 is 0 Å². The van der Waals surface area contributed by atoms with Gasteiger partial charge >= 0.3 is 5.97 Å². The van der Waals surface area contributed by atoms with Gasteiger partial charge in [-0.1, -0.05) is 23.7 Å². The highest BCUT2D eigenvalue weighted by Gasteiger charge is 2.52. The van der Waals surface area contributed by atoms with Crippen molar-refractivity contribution in [1.29, 1.82) is 0 Å². The Balaban J connectivity index is 1.54. The van der Waals surface area contributed by atoms with Gasteiger partial charge in [-0.05, 0) is 49.7 Å². The SMILES string of the molecule is C[C@]12CCC(=O)N1c1ccccc1C(=O)N2CCC(=O)Oc1ccc(Cl)cc1. The standard InChI is InChI=1S/C21H19ClN2O4/c1-21-12-10-18(25)24(21)17-5-3-2-4-16(17)20(27)23(21)13-11-19(26)28-15-8-6-14(22)7-9-15/h2-9H,10-13H2,1H3/t21-/m1/s1. The summed E-state index contributed by atoms with van der Waals surface area (Å²) >= 11 is 5.83. The molecular weight excluding hydrogens is 380 g/mol. The summed E-state index contributed by atoms with van der Waals surface area (Å²) in [4.78, 5) is 41.2. The number of amides is 2. The lowest BCUT2D eigenvalue weighted by Crippen LogP contribution is -2.62. The van der Waals surface area contributed by atoms with Gasteiger partial charge in [-0.2, -0.15) is 0 Å². The Hall–Kier alpha value is -2.86. The second-order valence-corrected chi connectivity index (χ2v) is 7.53. The minimum absolute atomic E-state index is 0.0174. The number of hydrogen-bond acceptors (Lipinski definition) is 4. The topological polar surface area (TPSA) is 66.9 Å². The van der Waals surface area contributed by atoms with Gasteiger partial charge in [0, 0.05) is 18.0 Å². The molecule has 0 N–H and O–H groups in total. The zero-order valence-corrected chi connectivity index (χ0v) is 16.1. The molecule has 0 spiro atoms. The quantitative estimate of drug-likeness (QED) is 0.582. The number of esters is 1. The first kappa shape index (κ1) is 18.5. The average molecular weight is 399 g/mol. The predicted molar refractivity (Wildman–Crippen MR) is 104 cm³/mol. The maximum absolute atomic E-state index is 13.1. The van der Waals surface area contributed by atoms with Crippen LogP contribution in [0.1, 0.15) is 36.5 Å². The molecule has 6 nitrogen and oxygen atoms in total. The van der Waals surface area contributed by atoms with Crippen molar-refractivity contribution in [2.45, 2.75) is 31.8 Å². The van der Waals surface area contributed by atoms with Crippen LogP contribution in [0, 0.1) is 0 Å². The first-order chi connectivity index (χ1) is 13.4. The van der Waals surface area contributed by atoms with E-state index in [-0.39, 0.29) is 24.8 Å². The summed E-state index contributed by atoms with van der Waals surface area (Å²) in [7, 11) is 0. The van der Waals surface area contributed by atoms with Crippen molar-refractivity contribution in [3.05, 3.63) is 59.1 Å². The van der Waals surface area contributed by atoms with Gasteiger partial charge in [0.25, 0.3) is 5.91 Å². The number of fused-ring (bicyclic) bond motifs is 3. The van der Waals surface area contributed by atoms with Crippen LogP contribution in [0.5, 0.6) is 5.75 Å². The Kier molecular flexibility index (Phi) is 4.59. The van der Waals surface area contributed by atoms with Gasteiger partial charge in [0.05, 0.1) is 17.7 Å². The molecule has 0 radical (unpaired) electrons. The molecule has 144 valence electrons. The Morgan fingerprint density at radius 1 is 1.14 bits per heavy atom. The molecule has 2 amide bonds. The predicted octanol–water partition coefficient (Wildman–Crippen LogP) is 3.63. The van der Waals surface area contributed by atoms with E-state index in [2.05, 4.69) is 0 Å². The van der Waals surface area contributed by atoms with Gasteiger partial charge < -0.3 is 9.64 Å². The fourth-order valence-corrected chi connectivity index (χ4v) is 4.06. The molecule has 2 aromatic carbocycles. The highest BCUT2D eigenvalue weighted by Crippen LogP contribution is 2.43. The third-order valence-electron chi connectivity index (χ3n) is 5.33. The highest BCUT2D eigenvalue weighted by molar-refractivity contribution is 6.30. The van der Waals surface area contributed by atoms with Gasteiger partial charge in [0.1, 0.15) is 11.4 Å². The third kappa shape index (κ3) is 3.03. The molecule has 0 aromatic heterocycles. The first-order valence-corrected chi connectivity index (χ1v) is 9.48. The molecule has 1 atom stereocenters. The number of carbonyl (C=O) groups is 3. The number of hydrogen-bond donors (Lipinski definition) is 0. The van der Waals surface area contributed by atoms with E-state index in [1.54, 1.807) is 52.3 Å². The molecule has 4 rings (SSSR count). The van der Waals surface area contributed by atoms with Crippen molar-refractivity contribution in [3.63, 3.8) is 0 Å². The number of ether oxygens (including phenoxy) is 1. The molecule has 2 heterocycles. The second-order valence-electron chi connectivity index (χ2n) is 7.10. The van der Waals surface area contributed by atoms with Gasteiger partial charge in [0.2, 0.25) is 5.91 Å². The largest absolute Gasteiger partial charge is 0.426 e. The van der Waals surface area contributed by atoms with E-state index in [0.29, 0.717) is 34.9 Å². The number of nitrogens with zero attached hydrogens (tertiary/aromatic N) is 2. The van der Waals surface area contributed by atoms with E-state index in [1.807, 2.05) is 13.0 Å². The van der Waals surface area contributed by atoms with E-state index < -0.39 is 11.6 Å². The van der Waals surface area contributed by atoms with Crippen molar-refractivity contribution < 1.29 is 19.1 Å². The molecule has 0 aliphatic carbocycles. The summed E-state index contributed by atoms with van der Waals surface area (Å²) in [5.41, 5.74) is 0.335. The van der Waals surface area contributed by atoms with Crippen LogP contribution < -0.4 is 9.64 Å². The molecule has 2 aliphatic rings. The van der Waals surface area contributed by atoms with Gasteiger partial charge in [-0.25, -0.2) is 0 Å². The molecule has 2 aromatic rings. The fraction of sp³-hybridized carbons (Fsp3) is 0.286. The van der Waals surface area contributed by atoms with Crippen LogP contribution in [-0.2, 0) is 9.59 Å². The summed E-state index contributed by atoms with van der Waals surface area (Å²) in [5, 5.41) is 0.552. The number of benzene rings is 2. The fourth-order valence-electron chi connectivity index (χ4n) is 3.93. The minimum Gasteiger partial charge on any atom is -0.426 e. The van der Waals surface area contributed by atoms with Crippen LogP contribution >= 0.6 is 11.6 Å². The Morgan fingerprint density at radius 3 is 2.61 bits per heavy atom. The summed E-state index contributed by atoms with van der Waals surface area (Å²) in [6, 6.07) is 13.6. The van der Waals surface area contributed by atoms with E-state index in [1.165, 1.54) is 0 Å². The molecule has 0 unspecified atom stereocenters. The van der Waals surface area contributed by atoms with Crippen molar-refractivity contribution in [2.75, 3.05) is 11.4 Å². The van der Waals surface area contributed by atoms with E-state index in [9.17, 15) is 14.4 Å². The van der Waals surface area contributed by atoms with Crippen LogP contribution in [0.2, 0.25) is 5.02 Å². The second kappa shape index (κ2) is 6.95. The Bertz CT molecular complexity index is 959. The van der Waals surface area contributed by atoms with Crippen molar-refractivity contribution in [2.24, 2.45) is 0 Å². The molecule has 1 saturated heterocycles. The van der Waals surface area contributed by atoms with Crippen molar-refractivity contribution in [3.8, 4) is 5.75 Å². The zero-order chi connectivity index (χ0) is 19.9. The van der Waals surface area contributed by atoms with Crippen molar-refractivity contribution >= 4 is 35.1 Å². The van der Waals surface area contributed by atoms with E-state index in [4.69, 9.17) is 16.3 Å². The zero-order valence-electron chi connectivity index (χ0n) is 15.4. The molecule has 7 heteroatoms. The summed E-state index contributed by atoms with van der Waals surface area (Å²) < 4.78 is 5.31. The lowest BCUT2D eigenvalue weighted by molar-refractivity contribution is -0.134. The monoisotopic (exact) mass is 398 g/mol. The lowest BCUT2D eigenvalue weighted by atomic mass is 9.98. The summed E-state index contributed by atoms with van der Waals surface area (Å²) in [5.74, 6) is -0.249. The normalized spacial score (nSPS) is 20.8. The average Bonchev–Trinajstić information content (AvgIpc) is 2.99. The molecule has 0 bridgehead atoms. The molecule has 2 aliphatic heterocycles.